The molecule has 2 aliphatic rings. The summed E-state index contributed by atoms with van der Waals surface area (Å²) in [6, 6.07) is 7.26. The van der Waals surface area contributed by atoms with Crippen molar-refractivity contribution in [2.45, 2.75) is 76.4 Å². The second-order valence-corrected chi connectivity index (χ2v) is 11.5. The highest BCUT2D eigenvalue weighted by molar-refractivity contribution is 6.30. The van der Waals surface area contributed by atoms with Crippen molar-refractivity contribution in [1.82, 2.24) is 20.4 Å². The normalized spacial score (nSPS) is 19.7. The summed E-state index contributed by atoms with van der Waals surface area (Å²) in [5, 5.41) is 15.9. The molecule has 2 fully saturated rings. The zero-order valence-corrected chi connectivity index (χ0v) is 24.1. The van der Waals surface area contributed by atoms with Crippen LogP contribution in [-0.2, 0) is 9.53 Å². The number of carbonyl (C=O) groups excluding carboxylic acids is 2. The molecule has 3 atom stereocenters. The van der Waals surface area contributed by atoms with Crippen LogP contribution in [0.25, 0.3) is 0 Å². The SMILES string of the molecule is CNC(=O)CCCOC(c1cccc(Cl)c1)[C@@H]1CCCN(C(=O)N[C@H](CC2CCCCC2)CN(C)C(=O)O)C1. The molecule has 1 heterocycles. The quantitative estimate of drug-likeness (QED) is 0.299. The van der Waals surface area contributed by atoms with Gasteiger partial charge in [-0.2, -0.15) is 0 Å². The van der Waals surface area contributed by atoms with Gasteiger partial charge in [-0.3, -0.25) is 4.79 Å². The van der Waals surface area contributed by atoms with E-state index in [4.69, 9.17) is 16.3 Å². The van der Waals surface area contributed by atoms with Gasteiger partial charge < -0.3 is 30.3 Å². The summed E-state index contributed by atoms with van der Waals surface area (Å²) >= 11 is 6.30. The molecule has 9 nitrogen and oxygen atoms in total. The number of nitrogens with zero attached hydrogens (tertiary/aromatic N) is 2. The van der Waals surface area contributed by atoms with Gasteiger partial charge in [0, 0.05) is 63.7 Å². The molecule has 1 saturated heterocycles. The number of nitrogens with one attached hydrogen (secondary N) is 2. The zero-order valence-electron chi connectivity index (χ0n) is 23.4. The van der Waals surface area contributed by atoms with E-state index in [1.807, 2.05) is 29.2 Å². The molecule has 3 N–H and O–H groups in total. The molecule has 0 aromatic heterocycles. The number of hydrogen-bond acceptors (Lipinski definition) is 4. The standard InChI is InChI=1S/C29H45ClN4O5/c1-31-26(35)14-8-16-39-27(22-11-6-13-24(30)18-22)23-12-7-15-34(19-23)28(36)32-25(20-33(2)29(37)38)17-21-9-4-3-5-10-21/h6,11,13,18,21,23,25,27H,3-5,7-10,12,14-17,19-20H2,1-2H3,(H,31,35)(H,32,36)(H,37,38)/t23-,25-,27?/m1/s1. The lowest BCUT2D eigenvalue weighted by atomic mass is 9.84. The maximum absolute atomic E-state index is 13.5. The molecule has 1 aromatic rings. The first-order valence-electron chi connectivity index (χ1n) is 14.3. The van der Waals surface area contributed by atoms with E-state index < -0.39 is 6.09 Å². The van der Waals surface area contributed by atoms with E-state index in [0.717, 1.165) is 37.7 Å². The Morgan fingerprint density at radius 2 is 1.95 bits per heavy atom. The maximum Gasteiger partial charge on any atom is 0.407 e. The van der Waals surface area contributed by atoms with Crippen LogP contribution in [0.5, 0.6) is 0 Å². The van der Waals surface area contributed by atoms with Crippen molar-refractivity contribution in [3.8, 4) is 0 Å². The molecule has 4 amide bonds. The van der Waals surface area contributed by atoms with Gasteiger partial charge in [-0.15, -0.1) is 0 Å². The number of carboxylic acid groups (broad SMARTS) is 1. The Morgan fingerprint density at radius 3 is 2.64 bits per heavy atom. The third kappa shape index (κ3) is 10.2. The molecular formula is C29H45ClN4O5. The number of halogens is 1. The van der Waals surface area contributed by atoms with E-state index in [-0.39, 0.29) is 36.5 Å². The number of likely N-dealkylation sites (N-methyl/N-ethyl adjacent to an activating group) is 1. The Kier molecular flexibility index (Phi) is 12.7. The van der Waals surface area contributed by atoms with Crippen LogP contribution in [0.1, 0.15) is 75.9 Å². The van der Waals surface area contributed by atoms with Crippen LogP contribution in [0.4, 0.5) is 9.59 Å². The van der Waals surface area contributed by atoms with E-state index in [1.54, 1.807) is 14.1 Å². The first kappa shape index (κ1) is 31.0. The number of rotatable bonds is 12. The van der Waals surface area contributed by atoms with Gasteiger partial charge in [-0.25, -0.2) is 9.59 Å². The van der Waals surface area contributed by atoms with E-state index in [2.05, 4.69) is 10.6 Å². The van der Waals surface area contributed by atoms with Gasteiger partial charge in [0.2, 0.25) is 5.91 Å². The van der Waals surface area contributed by atoms with Crippen LogP contribution >= 0.6 is 11.6 Å². The van der Waals surface area contributed by atoms with Crippen LogP contribution < -0.4 is 10.6 Å². The number of amides is 4. The fourth-order valence-electron chi connectivity index (χ4n) is 5.88. The number of hydrogen-bond donors (Lipinski definition) is 3. The number of benzene rings is 1. The summed E-state index contributed by atoms with van der Waals surface area (Å²) in [5.74, 6) is 0.562. The van der Waals surface area contributed by atoms with Gasteiger partial charge in [0.05, 0.1) is 6.10 Å². The largest absolute Gasteiger partial charge is 0.465 e. The Labute approximate surface area is 237 Å². The fourth-order valence-corrected chi connectivity index (χ4v) is 6.08. The second-order valence-electron chi connectivity index (χ2n) is 11.0. The number of piperidine rings is 1. The Bertz CT molecular complexity index is 942. The number of carbonyl (C=O) groups is 3. The van der Waals surface area contributed by atoms with Crippen LogP contribution in [-0.4, -0.2) is 79.3 Å². The molecule has 1 aromatic carbocycles. The Morgan fingerprint density at radius 1 is 1.18 bits per heavy atom. The topological polar surface area (TPSA) is 111 Å². The smallest absolute Gasteiger partial charge is 0.407 e. The van der Waals surface area contributed by atoms with Crippen molar-refractivity contribution < 1.29 is 24.2 Å². The first-order valence-corrected chi connectivity index (χ1v) is 14.7. The number of likely N-dealkylation sites (tertiary alicyclic amines) is 1. The summed E-state index contributed by atoms with van der Waals surface area (Å²) < 4.78 is 6.34. The summed E-state index contributed by atoms with van der Waals surface area (Å²) in [7, 11) is 3.18. The molecule has 3 rings (SSSR count). The molecule has 1 aliphatic carbocycles. The highest BCUT2D eigenvalue weighted by Gasteiger charge is 2.32. The predicted molar refractivity (Wildman–Crippen MR) is 152 cm³/mol. The molecule has 1 aliphatic heterocycles. The van der Waals surface area contributed by atoms with Crippen LogP contribution in [0.3, 0.4) is 0 Å². The van der Waals surface area contributed by atoms with E-state index in [9.17, 15) is 19.5 Å². The van der Waals surface area contributed by atoms with Gasteiger partial charge >= 0.3 is 12.1 Å². The minimum Gasteiger partial charge on any atom is -0.465 e. The van der Waals surface area contributed by atoms with Crippen LogP contribution in [0.2, 0.25) is 5.02 Å². The lowest BCUT2D eigenvalue weighted by Gasteiger charge is -2.38. The summed E-state index contributed by atoms with van der Waals surface area (Å²) in [5.41, 5.74) is 0.966. The molecule has 10 heteroatoms. The maximum atomic E-state index is 13.5. The van der Waals surface area contributed by atoms with Gasteiger partial charge in [0.1, 0.15) is 0 Å². The lowest BCUT2D eigenvalue weighted by molar-refractivity contribution is -0.121. The molecule has 0 bridgehead atoms. The average Bonchev–Trinajstić information content (AvgIpc) is 2.93. The monoisotopic (exact) mass is 564 g/mol. The Balaban J connectivity index is 1.66. The summed E-state index contributed by atoms with van der Waals surface area (Å²) in [4.78, 5) is 39.7. The summed E-state index contributed by atoms with van der Waals surface area (Å²) in [6.07, 6.45) is 8.21. The molecule has 0 radical (unpaired) electrons. The Hall–Kier alpha value is -2.52. The van der Waals surface area contributed by atoms with Crippen molar-refractivity contribution >= 4 is 29.6 Å². The third-order valence-corrected chi connectivity index (χ3v) is 8.20. The molecular weight excluding hydrogens is 520 g/mol. The van der Waals surface area contributed by atoms with Crippen molar-refractivity contribution in [2.75, 3.05) is 40.3 Å². The van der Waals surface area contributed by atoms with Gasteiger partial charge in [0.15, 0.2) is 0 Å². The average molecular weight is 565 g/mol. The van der Waals surface area contributed by atoms with E-state index in [0.29, 0.717) is 43.5 Å². The van der Waals surface area contributed by atoms with E-state index >= 15 is 0 Å². The summed E-state index contributed by atoms with van der Waals surface area (Å²) in [6.45, 7) is 1.88. The minimum absolute atomic E-state index is 0.0188. The number of ether oxygens (including phenoxy) is 1. The highest BCUT2D eigenvalue weighted by atomic mass is 35.5. The molecule has 1 unspecified atom stereocenters. The van der Waals surface area contributed by atoms with Crippen molar-refractivity contribution in [3.63, 3.8) is 0 Å². The van der Waals surface area contributed by atoms with Crippen molar-refractivity contribution in [3.05, 3.63) is 34.9 Å². The molecule has 39 heavy (non-hydrogen) atoms. The van der Waals surface area contributed by atoms with Crippen LogP contribution in [0.15, 0.2) is 24.3 Å². The second kappa shape index (κ2) is 15.9. The van der Waals surface area contributed by atoms with Crippen molar-refractivity contribution in [2.24, 2.45) is 11.8 Å². The van der Waals surface area contributed by atoms with Crippen molar-refractivity contribution in [1.29, 1.82) is 0 Å². The van der Waals surface area contributed by atoms with Gasteiger partial charge in [-0.05, 0) is 49.3 Å². The van der Waals surface area contributed by atoms with Crippen LogP contribution in [0, 0.1) is 11.8 Å². The highest BCUT2D eigenvalue weighted by Crippen LogP contribution is 2.34. The van der Waals surface area contributed by atoms with E-state index in [1.165, 1.54) is 24.2 Å². The predicted octanol–water partition coefficient (Wildman–Crippen LogP) is 5.29. The van der Waals surface area contributed by atoms with Gasteiger partial charge in [0.25, 0.3) is 0 Å². The zero-order chi connectivity index (χ0) is 28.2. The molecule has 1 saturated carbocycles. The lowest BCUT2D eigenvalue weighted by Crippen LogP contribution is -2.52. The number of urea groups is 1. The third-order valence-electron chi connectivity index (χ3n) is 7.97. The first-order chi connectivity index (χ1) is 18.8. The molecule has 218 valence electrons. The molecule has 0 spiro atoms. The minimum atomic E-state index is -0.992. The van der Waals surface area contributed by atoms with Gasteiger partial charge in [-0.1, -0.05) is 55.8 Å². The fraction of sp³-hybridized carbons (Fsp3) is 0.690.